The lowest BCUT2D eigenvalue weighted by molar-refractivity contribution is -0.170. The van der Waals surface area contributed by atoms with Crippen LogP contribution in [-0.4, -0.2) is 29.6 Å². The Kier molecular flexibility index (Phi) is 3.67. The van der Waals surface area contributed by atoms with Crippen molar-refractivity contribution < 1.29 is 19.1 Å². The summed E-state index contributed by atoms with van der Waals surface area (Å²) in [6, 6.07) is 0. The van der Waals surface area contributed by atoms with Gasteiger partial charge in [0.1, 0.15) is 5.60 Å². The smallest absolute Gasteiger partial charge is 0.343 e. The van der Waals surface area contributed by atoms with E-state index < -0.39 is 17.7 Å². The maximum Gasteiger partial charge on any atom is 0.343 e. The predicted molar refractivity (Wildman–Crippen MR) is 63.6 cm³/mol. The Morgan fingerprint density at radius 1 is 1.24 bits per heavy atom. The summed E-state index contributed by atoms with van der Waals surface area (Å²) in [6.07, 6.45) is -0.973. The fourth-order valence-electron chi connectivity index (χ4n) is 1.63. The van der Waals surface area contributed by atoms with E-state index in [1.807, 2.05) is 20.8 Å². The van der Waals surface area contributed by atoms with Gasteiger partial charge in [0.15, 0.2) is 5.78 Å². The second-order valence-corrected chi connectivity index (χ2v) is 6.57. The maximum atomic E-state index is 11.8. The normalized spacial score (nSPS) is 26.1. The summed E-state index contributed by atoms with van der Waals surface area (Å²) in [5, 5.41) is 0. The molecule has 0 aromatic rings. The summed E-state index contributed by atoms with van der Waals surface area (Å²) in [5.74, 6) is -0.756. The lowest BCUT2D eigenvalue weighted by Crippen LogP contribution is -2.36. The zero-order valence-corrected chi connectivity index (χ0v) is 11.5. The van der Waals surface area contributed by atoms with E-state index in [1.54, 1.807) is 20.8 Å². The van der Waals surface area contributed by atoms with Crippen LogP contribution in [0.25, 0.3) is 0 Å². The number of rotatable bonds is 1. The molecule has 1 aliphatic rings. The molecule has 0 spiro atoms. The van der Waals surface area contributed by atoms with Crippen molar-refractivity contribution in [2.45, 2.75) is 65.8 Å². The Balaban J connectivity index is 2.69. The van der Waals surface area contributed by atoms with E-state index in [0.29, 0.717) is 0 Å². The summed E-state index contributed by atoms with van der Waals surface area (Å²) >= 11 is 0. The van der Waals surface area contributed by atoms with Gasteiger partial charge in [0.05, 0.1) is 6.10 Å². The van der Waals surface area contributed by atoms with Gasteiger partial charge in [-0.15, -0.1) is 0 Å². The summed E-state index contributed by atoms with van der Waals surface area (Å²) in [5.41, 5.74) is -0.743. The minimum absolute atomic E-state index is 0.146. The monoisotopic (exact) mass is 242 g/mol. The van der Waals surface area contributed by atoms with E-state index in [2.05, 4.69) is 0 Å². The molecule has 0 aromatic heterocycles. The van der Waals surface area contributed by atoms with Crippen LogP contribution < -0.4 is 0 Å². The molecule has 4 heteroatoms. The zero-order chi connectivity index (χ0) is 13.4. The Morgan fingerprint density at radius 3 is 2.12 bits per heavy atom. The molecule has 0 aromatic carbocycles. The largest absolute Gasteiger partial charge is 0.458 e. The van der Waals surface area contributed by atoms with Crippen LogP contribution >= 0.6 is 0 Å². The van der Waals surface area contributed by atoms with Gasteiger partial charge in [0, 0.05) is 6.42 Å². The highest BCUT2D eigenvalue weighted by Gasteiger charge is 2.44. The molecule has 1 rings (SSSR count). The standard InChI is InChI=1S/C13H22O4/c1-12(2,3)9-7-8(14)10(16-9)11(15)17-13(4,5)6/h9-10H,7H2,1-6H3. The molecular weight excluding hydrogens is 220 g/mol. The molecule has 1 heterocycles. The number of ether oxygens (including phenoxy) is 2. The molecule has 0 radical (unpaired) electrons. The van der Waals surface area contributed by atoms with Crippen molar-refractivity contribution >= 4 is 11.8 Å². The summed E-state index contributed by atoms with van der Waals surface area (Å²) < 4.78 is 10.7. The molecule has 1 fully saturated rings. The number of esters is 1. The van der Waals surface area contributed by atoms with E-state index >= 15 is 0 Å². The number of carbonyl (C=O) groups excluding carboxylic acids is 2. The molecule has 2 unspecified atom stereocenters. The average molecular weight is 242 g/mol. The third kappa shape index (κ3) is 3.80. The van der Waals surface area contributed by atoms with Gasteiger partial charge in [-0.1, -0.05) is 20.8 Å². The van der Waals surface area contributed by atoms with Crippen LogP contribution in [0, 0.1) is 5.41 Å². The highest BCUT2D eigenvalue weighted by atomic mass is 16.6. The van der Waals surface area contributed by atoms with Crippen molar-refractivity contribution in [3.63, 3.8) is 0 Å². The highest BCUT2D eigenvalue weighted by Crippen LogP contribution is 2.32. The number of Topliss-reactive ketones (excluding diaryl/α,β-unsaturated/α-hetero) is 1. The Bertz CT molecular complexity index is 319. The molecule has 4 nitrogen and oxygen atoms in total. The highest BCUT2D eigenvalue weighted by molar-refractivity contribution is 6.03. The fraction of sp³-hybridized carbons (Fsp3) is 0.846. The van der Waals surface area contributed by atoms with Crippen LogP contribution in [-0.2, 0) is 19.1 Å². The maximum absolute atomic E-state index is 11.8. The van der Waals surface area contributed by atoms with Gasteiger partial charge in [0.2, 0.25) is 6.10 Å². The Morgan fingerprint density at radius 2 is 1.76 bits per heavy atom. The van der Waals surface area contributed by atoms with Gasteiger partial charge >= 0.3 is 5.97 Å². The number of carbonyl (C=O) groups is 2. The minimum Gasteiger partial charge on any atom is -0.458 e. The molecule has 0 saturated carbocycles. The Hall–Kier alpha value is -0.900. The number of ketones is 1. The number of hydrogen-bond donors (Lipinski definition) is 0. The van der Waals surface area contributed by atoms with Gasteiger partial charge in [-0.05, 0) is 26.2 Å². The first kappa shape index (κ1) is 14.2. The third-order valence-corrected chi connectivity index (χ3v) is 2.57. The summed E-state index contributed by atoms with van der Waals surface area (Å²) in [7, 11) is 0. The Labute approximate surface area is 103 Å². The second-order valence-electron chi connectivity index (χ2n) is 6.57. The quantitative estimate of drug-likeness (QED) is 0.522. The predicted octanol–water partition coefficient (Wildman–Crippen LogP) is 2.10. The van der Waals surface area contributed by atoms with Crippen molar-refractivity contribution in [3.8, 4) is 0 Å². The summed E-state index contributed by atoms with van der Waals surface area (Å²) in [4.78, 5) is 23.5. The lowest BCUT2D eigenvalue weighted by Gasteiger charge is -2.26. The summed E-state index contributed by atoms with van der Waals surface area (Å²) in [6.45, 7) is 11.3. The zero-order valence-electron chi connectivity index (χ0n) is 11.5. The van der Waals surface area contributed by atoms with Crippen LogP contribution in [0.15, 0.2) is 0 Å². The van der Waals surface area contributed by atoms with E-state index in [1.165, 1.54) is 0 Å². The SMILES string of the molecule is CC(C)(C)OC(=O)C1OC(C(C)(C)C)CC1=O. The molecule has 1 saturated heterocycles. The van der Waals surface area contributed by atoms with E-state index in [0.717, 1.165) is 0 Å². The van der Waals surface area contributed by atoms with Crippen molar-refractivity contribution in [3.05, 3.63) is 0 Å². The molecule has 2 atom stereocenters. The topological polar surface area (TPSA) is 52.6 Å². The minimum atomic E-state index is -1.04. The van der Waals surface area contributed by atoms with Gasteiger partial charge in [0.25, 0.3) is 0 Å². The van der Waals surface area contributed by atoms with Crippen LogP contribution in [0.3, 0.4) is 0 Å². The van der Waals surface area contributed by atoms with Crippen LogP contribution in [0.2, 0.25) is 0 Å². The van der Waals surface area contributed by atoms with Gasteiger partial charge in [-0.2, -0.15) is 0 Å². The second kappa shape index (κ2) is 4.41. The van der Waals surface area contributed by atoms with Gasteiger partial charge in [-0.25, -0.2) is 4.79 Å². The number of hydrogen-bond acceptors (Lipinski definition) is 4. The molecule has 1 aliphatic heterocycles. The lowest BCUT2D eigenvalue weighted by atomic mass is 9.87. The fourth-order valence-corrected chi connectivity index (χ4v) is 1.63. The third-order valence-electron chi connectivity index (χ3n) is 2.57. The van der Waals surface area contributed by atoms with Crippen molar-refractivity contribution in [2.75, 3.05) is 0 Å². The van der Waals surface area contributed by atoms with Crippen molar-refractivity contribution in [1.82, 2.24) is 0 Å². The molecule has 0 aliphatic carbocycles. The first-order valence-corrected chi connectivity index (χ1v) is 5.92. The first-order valence-electron chi connectivity index (χ1n) is 5.92. The first-order chi connectivity index (χ1) is 7.50. The molecule has 0 amide bonds. The molecule has 98 valence electrons. The van der Waals surface area contributed by atoms with Gasteiger partial charge in [-0.3, -0.25) is 4.79 Å². The van der Waals surface area contributed by atoms with E-state index in [9.17, 15) is 9.59 Å². The van der Waals surface area contributed by atoms with Gasteiger partial charge < -0.3 is 9.47 Å². The average Bonchev–Trinajstić information content (AvgIpc) is 2.42. The van der Waals surface area contributed by atoms with Crippen molar-refractivity contribution in [2.24, 2.45) is 5.41 Å². The molecule has 17 heavy (non-hydrogen) atoms. The van der Waals surface area contributed by atoms with Crippen LogP contribution in [0.5, 0.6) is 0 Å². The molecule has 0 N–H and O–H groups in total. The van der Waals surface area contributed by atoms with E-state index in [-0.39, 0.29) is 23.7 Å². The van der Waals surface area contributed by atoms with Crippen LogP contribution in [0.4, 0.5) is 0 Å². The van der Waals surface area contributed by atoms with Crippen LogP contribution in [0.1, 0.15) is 48.0 Å². The molecular formula is C13H22O4. The molecule has 0 bridgehead atoms. The van der Waals surface area contributed by atoms with Crippen molar-refractivity contribution in [1.29, 1.82) is 0 Å². The van der Waals surface area contributed by atoms with E-state index in [4.69, 9.17) is 9.47 Å².